The largest absolute Gasteiger partial charge is 0.484 e. The van der Waals surface area contributed by atoms with Gasteiger partial charge in [-0.05, 0) is 36.2 Å². The molecule has 0 aliphatic carbocycles. The van der Waals surface area contributed by atoms with Crippen LogP contribution in [-0.2, 0) is 17.8 Å². The van der Waals surface area contributed by atoms with E-state index in [2.05, 4.69) is 51.5 Å². The molecule has 0 radical (unpaired) electrons. The van der Waals surface area contributed by atoms with Crippen LogP contribution in [0.3, 0.4) is 0 Å². The van der Waals surface area contributed by atoms with Gasteiger partial charge in [-0.2, -0.15) is 5.26 Å². The lowest BCUT2D eigenvalue weighted by atomic mass is 10.2. The highest BCUT2D eigenvalue weighted by Crippen LogP contribution is 2.12. The second-order valence-corrected chi connectivity index (χ2v) is 7.57. The van der Waals surface area contributed by atoms with Crippen molar-refractivity contribution >= 4 is 5.91 Å². The van der Waals surface area contributed by atoms with Crippen molar-refractivity contribution in [2.45, 2.75) is 19.4 Å². The number of nitrogens with zero attached hydrogens (tertiary/aromatic N) is 3. The third kappa shape index (κ3) is 7.51. The average Bonchev–Trinajstić information content (AvgIpc) is 2.78. The summed E-state index contributed by atoms with van der Waals surface area (Å²) in [7, 11) is 0. The lowest BCUT2D eigenvalue weighted by Gasteiger charge is -2.34. The number of piperazine rings is 1. The van der Waals surface area contributed by atoms with Gasteiger partial charge in [-0.1, -0.05) is 42.5 Å². The molecule has 6 heteroatoms. The monoisotopic (exact) mass is 406 g/mol. The maximum Gasteiger partial charge on any atom is 0.257 e. The fourth-order valence-corrected chi connectivity index (χ4v) is 3.54. The maximum absolute atomic E-state index is 12.0. The van der Waals surface area contributed by atoms with Crippen LogP contribution < -0.4 is 10.1 Å². The molecule has 30 heavy (non-hydrogen) atoms. The zero-order chi connectivity index (χ0) is 21.0. The molecule has 0 saturated carbocycles. The molecule has 3 rings (SSSR count). The fraction of sp³-hybridized carbons (Fsp3) is 0.417. The molecule has 0 atom stereocenters. The number of nitrogens with one attached hydrogen (secondary N) is 1. The topological polar surface area (TPSA) is 68.6 Å². The van der Waals surface area contributed by atoms with Gasteiger partial charge in [0.1, 0.15) is 5.75 Å². The Morgan fingerprint density at radius 2 is 1.67 bits per heavy atom. The van der Waals surface area contributed by atoms with E-state index in [9.17, 15) is 4.79 Å². The van der Waals surface area contributed by atoms with E-state index in [-0.39, 0.29) is 12.5 Å². The lowest BCUT2D eigenvalue weighted by molar-refractivity contribution is -0.123. The van der Waals surface area contributed by atoms with E-state index in [0.29, 0.717) is 18.7 Å². The molecule has 2 aromatic rings. The number of carbonyl (C=O) groups is 1. The predicted molar refractivity (Wildman–Crippen MR) is 117 cm³/mol. The number of hydrogen-bond acceptors (Lipinski definition) is 5. The van der Waals surface area contributed by atoms with Gasteiger partial charge in [0.15, 0.2) is 6.61 Å². The van der Waals surface area contributed by atoms with Crippen LogP contribution in [0.2, 0.25) is 0 Å². The summed E-state index contributed by atoms with van der Waals surface area (Å²) in [5.41, 5.74) is 2.31. The molecular weight excluding hydrogens is 376 g/mol. The van der Waals surface area contributed by atoms with Crippen molar-refractivity contribution in [3.63, 3.8) is 0 Å². The number of carbonyl (C=O) groups excluding carboxylic acids is 1. The summed E-state index contributed by atoms with van der Waals surface area (Å²) in [6.07, 6.45) is 1.32. The lowest BCUT2D eigenvalue weighted by Crippen LogP contribution is -2.46. The van der Waals surface area contributed by atoms with Gasteiger partial charge in [0.2, 0.25) is 0 Å². The first-order chi connectivity index (χ1) is 14.7. The van der Waals surface area contributed by atoms with E-state index in [4.69, 9.17) is 10.00 Å². The molecule has 1 N–H and O–H groups in total. The summed E-state index contributed by atoms with van der Waals surface area (Å²) in [6, 6.07) is 20.0. The molecule has 0 aromatic heterocycles. The standard InChI is InChI=1S/C24H30N4O2/c25-12-11-21-7-9-23(10-8-21)30-20-24(29)26-13-4-14-27-15-17-28(18-16-27)19-22-5-2-1-3-6-22/h1-3,5-10H,4,11,13-20H2,(H,26,29). The summed E-state index contributed by atoms with van der Waals surface area (Å²) < 4.78 is 5.50. The molecule has 2 aromatic carbocycles. The van der Waals surface area contributed by atoms with Gasteiger partial charge in [0.05, 0.1) is 12.5 Å². The van der Waals surface area contributed by atoms with Gasteiger partial charge in [0, 0.05) is 39.3 Å². The van der Waals surface area contributed by atoms with E-state index in [0.717, 1.165) is 51.3 Å². The minimum absolute atomic E-state index is 0.00968. The molecule has 0 spiro atoms. The van der Waals surface area contributed by atoms with Crippen molar-refractivity contribution in [1.29, 1.82) is 5.26 Å². The van der Waals surface area contributed by atoms with Crippen molar-refractivity contribution in [2.75, 3.05) is 45.9 Å². The third-order valence-electron chi connectivity index (χ3n) is 5.26. The quantitative estimate of drug-likeness (QED) is 0.614. The molecule has 1 aliphatic rings. The summed E-state index contributed by atoms with van der Waals surface area (Å²) in [6.45, 7) is 7.01. The SMILES string of the molecule is N#CCc1ccc(OCC(=O)NCCCN2CCN(Cc3ccccc3)CC2)cc1. The van der Waals surface area contributed by atoms with E-state index >= 15 is 0 Å². The predicted octanol–water partition coefficient (Wildman–Crippen LogP) is 2.46. The third-order valence-corrected chi connectivity index (χ3v) is 5.26. The molecule has 0 bridgehead atoms. The summed E-state index contributed by atoms with van der Waals surface area (Å²) in [5.74, 6) is 0.531. The number of benzene rings is 2. The van der Waals surface area contributed by atoms with Gasteiger partial charge in [-0.25, -0.2) is 0 Å². The molecule has 1 heterocycles. The maximum atomic E-state index is 12.0. The molecule has 1 aliphatic heterocycles. The van der Waals surface area contributed by atoms with Crippen molar-refractivity contribution in [1.82, 2.24) is 15.1 Å². The van der Waals surface area contributed by atoms with Crippen molar-refractivity contribution < 1.29 is 9.53 Å². The molecule has 1 amide bonds. The van der Waals surface area contributed by atoms with Crippen molar-refractivity contribution in [3.05, 3.63) is 65.7 Å². The Hall–Kier alpha value is -2.88. The van der Waals surface area contributed by atoms with Gasteiger partial charge in [-0.3, -0.25) is 9.69 Å². The minimum atomic E-state index is -0.108. The smallest absolute Gasteiger partial charge is 0.257 e. The van der Waals surface area contributed by atoms with Crippen LogP contribution in [0.1, 0.15) is 17.5 Å². The molecule has 0 unspecified atom stereocenters. The summed E-state index contributed by atoms with van der Waals surface area (Å²) in [5, 5.41) is 11.6. The number of amides is 1. The highest BCUT2D eigenvalue weighted by Gasteiger charge is 2.16. The average molecular weight is 407 g/mol. The Kier molecular flexibility index (Phi) is 8.70. The van der Waals surface area contributed by atoms with Crippen molar-refractivity contribution in [2.24, 2.45) is 0 Å². The summed E-state index contributed by atoms with van der Waals surface area (Å²) >= 11 is 0. The normalized spacial score (nSPS) is 14.8. The first kappa shape index (κ1) is 21.8. The Labute approximate surface area is 179 Å². The molecule has 158 valence electrons. The molecular formula is C24H30N4O2. The van der Waals surface area contributed by atoms with Gasteiger partial charge in [0.25, 0.3) is 5.91 Å². The van der Waals surface area contributed by atoms with Crippen LogP contribution in [0.4, 0.5) is 0 Å². The van der Waals surface area contributed by atoms with Gasteiger partial charge in [-0.15, -0.1) is 0 Å². The number of hydrogen-bond donors (Lipinski definition) is 1. The van der Waals surface area contributed by atoms with E-state index in [1.54, 1.807) is 12.1 Å². The van der Waals surface area contributed by atoms with Crippen LogP contribution in [-0.4, -0.2) is 61.6 Å². The fourth-order valence-electron chi connectivity index (χ4n) is 3.54. The first-order valence-electron chi connectivity index (χ1n) is 10.6. The van der Waals surface area contributed by atoms with E-state index in [1.165, 1.54) is 5.56 Å². The number of rotatable bonds is 10. The Bertz CT molecular complexity index is 809. The Morgan fingerprint density at radius 3 is 2.37 bits per heavy atom. The zero-order valence-electron chi connectivity index (χ0n) is 17.4. The van der Waals surface area contributed by atoms with E-state index < -0.39 is 0 Å². The molecule has 1 saturated heterocycles. The molecule has 6 nitrogen and oxygen atoms in total. The molecule has 1 fully saturated rings. The zero-order valence-corrected chi connectivity index (χ0v) is 17.4. The van der Waals surface area contributed by atoms with Crippen LogP contribution in [0.15, 0.2) is 54.6 Å². The number of ether oxygens (including phenoxy) is 1. The van der Waals surface area contributed by atoms with Crippen LogP contribution in [0, 0.1) is 11.3 Å². The van der Waals surface area contributed by atoms with Crippen LogP contribution in [0.25, 0.3) is 0 Å². The minimum Gasteiger partial charge on any atom is -0.484 e. The second-order valence-electron chi connectivity index (χ2n) is 7.57. The Balaban J connectivity index is 1.24. The highest BCUT2D eigenvalue weighted by molar-refractivity contribution is 5.77. The van der Waals surface area contributed by atoms with Crippen molar-refractivity contribution in [3.8, 4) is 11.8 Å². The highest BCUT2D eigenvalue weighted by atomic mass is 16.5. The van der Waals surface area contributed by atoms with E-state index in [1.807, 2.05) is 12.1 Å². The summed E-state index contributed by atoms with van der Waals surface area (Å²) in [4.78, 5) is 16.9. The van der Waals surface area contributed by atoms with Gasteiger partial charge < -0.3 is 15.0 Å². The van der Waals surface area contributed by atoms with Crippen LogP contribution in [0.5, 0.6) is 5.75 Å². The number of nitriles is 1. The first-order valence-corrected chi connectivity index (χ1v) is 10.6. The Morgan fingerprint density at radius 1 is 0.967 bits per heavy atom. The second kappa shape index (κ2) is 12.0. The van der Waals surface area contributed by atoms with Crippen LogP contribution >= 0.6 is 0 Å². The van der Waals surface area contributed by atoms with Gasteiger partial charge >= 0.3 is 0 Å².